The zero-order chi connectivity index (χ0) is 18.2. The molecule has 0 aliphatic carbocycles. The minimum absolute atomic E-state index is 0.0196. The largest absolute Gasteiger partial charge is 0.484 e. The van der Waals surface area contributed by atoms with Crippen LogP contribution in [0.1, 0.15) is 48.0 Å². The average Bonchev–Trinajstić information content (AvgIpc) is 2.66. The maximum absolute atomic E-state index is 12.4. The molecule has 4 nitrogen and oxygen atoms in total. The van der Waals surface area contributed by atoms with Crippen molar-refractivity contribution in [3.05, 3.63) is 65.7 Å². The molecule has 0 N–H and O–H groups in total. The van der Waals surface area contributed by atoms with Crippen molar-refractivity contribution in [2.24, 2.45) is 0 Å². The summed E-state index contributed by atoms with van der Waals surface area (Å²) < 4.78 is 5.63. The Bertz CT molecular complexity index is 717. The molecule has 2 aromatic carbocycles. The number of hydrogen-bond donors (Lipinski definition) is 0. The molecule has 1 aliphatic rings. The molecule has 2 aromatic rings. The Labute approximate surface area is 154 Å². The van der Waals surface area contributed by atoms with E-state index in [1.54, 1.807) is 36.4 Å². The SMILES string of the molecule is O=C(c1ccccc1)c1ccc(OCC(=O)N2CCCCCCC2)cc1. The van der Waals surface area contributed by atoms with Crippen LogP contribution in [0.5, 0.6) is 5.75 Å². The Hall–Kier alpha value is -2.62. The summed E-state index contributed by atoms with van der Waals surface area (Å²) in [6.07, 6.45) is 5.81. The van der Waals surface area contributed by atoms with Gasteiger partial charge in [0.05, 0.1) is 0 Å². The molecule has 1 amide bonds. The zero-order valence-corrected chi connectivity index (χ0v) is 15.0. The molecule has 0 unspecified atom stereocenters. The standard InChI is InChI=1S/C22H25NO3/c24-21(23-15-7-2-1-3-8-16-23)17-26-20-13-11-19(12-14-20)22(25)18-9-5-4-6-10-18/h4-6,9-14H,1-3,7-8,15-17H2. The van der Waals surface area contributed by atoms with Gasteiger partial charge in [0.15, 0.2) is 12.4 Å². The van der Waals surface area contributed by atoms with Gasteiger partial charge in [-0.2, -0.15) is 0 Å². The second-order valence-corrected chi connectivity index (χ2v) is 6.66. The van der Waals surface area contributed by atoms with Gasteiger partial charge in [-0.3, -0.25) is 9.59 Å². The lowest BCUT2D eigenvalue weighted by Crippen LogP contribution is -2.37. The highest BCUT2D eigenvalue weighted by molar-refractivity contribution is 6.08. The van der Waals surface area contributed by atoms with Gasteiger partial charge in [0.2, 0.25) is 0 Å². The number of ketones is 1. The Balaban J connectivity index is 1.54. The third kappa shape index (κ3) is 4.94. The molecule has 3 rings (SSSR count). The number of likely N-dealkylation sites (tertiary alicyclic amines) is 1. The quantitative estimate of drug-likeness (QED) is 0.762. The van der Waals surface area contributed by atoms with E-state index in [-0.39, 0.29) is 18.3 Å². The van der Waals surface area contributed by atoms with Gasteiger partial charge in [-0.25, -0.2) is 0 Å². The number of benzene rings is 2. The maximum atomic E-state index is 12.4. The van der Waals surface area contributed by atoms with Crippen molar-refractivity contribution < 1.29 is 14.3 Å². The van der Waals surface area contributed by atoms with Crippen molar-refractivity contribution in [2.75, 3.05) is 19.7 Å². The minimum atomic E-state index is -0.0196. The van der Waals surface area contributed by atoms with Gasteiger partial charge in [-0.1, -0.05) is 49.6 Å². The fourth-order valence-electron chi connectivity index (χ4n) is 3.19. The predicted molar refractivity (Wildman–Crippen MR) is 101 cm³/mol. The first-order chi connectivity index (χ1) is 12.7. The molecule has 0 saturated carbocycles. The zero-order valence-electron chi connectivity index (χ0n) is 15.0. The number of hydrogen-bond acceptors (Lipinski definition) is 3. The molecular formula is C22H25NO3. The molecule has 0 radical (unpaired) electrons. The van der Waals surface area contributed by atoms with Gasteiger partial charge in [0, 0.05) is 24.2 Å². The fraction of sp³-hybridized carbons (Fsp3) is 0.364. The third-order valence-electron chi connectivity index (χ3n) is 4.72. The van der Waals surface area contributed by atoms with E-state index >= 15 is 0 Å². The number of ether oxygens (including phenoxy) is 1. The van der Waals surface area contributed by atoms with Gasteiger partial charge in [0.25, 0.3) is 5.91 Å². The van der Waals surface area contributed by atoms with Gasteiger partial charge >= 0.3 is 0 Å². The van der Waals surface area contributed by atoms with E-state index in [9.17, 15) is 9.59 Å². The first-order valence-corrected chi connectivity index (χ1v) is 9.34. The monoisotopic (exact) mass is 351 g/mol. The molecular weight excluding hydrogens is 326 g/mol. The number of carbonyl (C=O) groups excluding carboxylic acids is 2. The fourth-order valence-corrected chi connectivity index (χ4v) is 3.19. The summed E-state index contributed by atoms with van der Waals surface area (Å²) in [4.78, 5) is 26.6. The summed E-state index contributed by atoms with van der Waals surface area (Å²) in [6, 6.07) is 16.2. The van der Waals surface area contributed by atoms with Crippen molar-refractivity contribution in [1.82, 2.24) is 4.90 Å². The lowest BCUT2D eigenvalue weighted by atomic mass is 10.0. The highest BCUT2D eigenvalue weighted by Gasteiger charge is 2.15. The van der Waals surface area contributed by atoms with Crippen LogP contribution in [0.4, 0.5) is 0 Å². The summed E-state index contributed by atoms with van der Waals surface area (Å²) in [7, 11) is 0. The van der Waals surface area contributed by atoms with Crippen LogP contribution in [0.2, 0.25) is 0 Å². The van der Waals surface area contributed by atoms with Crippen LogP contribution in [0, 0.1) is 0 Å². The average molecular weight is 351 g/mol. The summed E-state index contributed by atoms with van der Waals surface area (Å²) in [5.74, 6) is 0.625. The van der Waals surface area contributed by atoms with Crippen molar-refractivity contribution in [1.29, 1.82) is 0 Å². The molecule has 0 spiro atoms. The maximum Gasteiger partial charge on any atom is 0.260 e. The number of nitrogens with zero attached hydrogens (tertiary/aromatic N) is 1. The first-order valence-electron chi connectivity index (χ1n) is 9.34. The predicted octanol–water partition coefficient (Wildman–Crippen LogP) is 4.09. The van der Waals surface area contributed by atoms with Crippen molar-refractivity contribution in [3.63, 3.8) is 0 Å². The second kappa shape index (κ2) is 9.18. The third-order valence-corrected chi connectivity index (χ3v) is 4.72. The number of rotatable bonds is 5. The Morgan fingerprint density at radius 3 is 2.00 bits per heavy atom. The highest BCUT2D eigenvalue weighted by Crippen LogP contribution is 2.16. The molecule has 4 heteroatoms. The van der Waals surface area contributed by atoms with E-state index in [1.807, 2.05) is 23.1 Å². The smallest absolute Gasteiger partial charge is 0.260 e. The van der Waals surface area contributed by atoms with Crippen LogP contribution in [-0.4, -0.2) is 36.3 Å². The van der Waals surface area contributed by atoms with Crippen molar-refractivity contribution >= 4 is 11.7 Å². The van der Waals surface area contributed by atoms with E-state index in [2.05, 4.69) is 0 Å². The molecule has 0 atom stereocenters. The van der Waals surface area contributed by atoms with Crippen molar-refractivity contribution in [2.45, 2.75) is 32.1 Å². The van der Waals surface area contributed by atoms with E-state index in [0.29, 0.717) is 16.9 Å². The normalized spacial score (nSPS) is 15.0. The van der Waals surface area contributed by atoms with Gasteiger partial charge < -0.3 is 9.64 Å². The summed E-state index contributed by atoms with van der Waals surface area (Å²) in [5, 5.41) is 0. The van der Waals surface area contributed by atoms with Crippen LogP contribution in [0.15, 0.2) is 54.6 Å². The van der Waals surface area contributed by atoms with E-state index in [4.69, 9.17) is 4.74 Å². The van der Waals surface area contributed by atoms with E-state index in [0.717, 1.165) is 25.9 Å². The topological polar surface area (TPSA) is 46.6 Å². The van der Waals surface area contributed by atoms with Crippen LogP contribution in [0.3, 0.4) is 0 Å². The molecule has 0 bridgehead atoms. The van der Waals surface area contributed by atoms with E-state index < -0.39 is 0 Å². The second-order valence-electron chi connectivity index (χ2n) is 6.66. The first kappa shape index (κ1) is 18.2. The van der Waals surface area contributed by atoms with Crippen LogP contribution in [-0.2, 0) is 4.79 Å². The lowest BCUT2D eigenvalue weighted by Gasteiger charge is -2.24. The molecule has 136 valence electrons. The molecule has 26 heavy (non-hydrogen) atoms. The molecule has 1 heterocycles. The summed E-state index contributed by atoms with van der Waals surface area (Å²) >= 11 is 0. The molecule has 0 aromatic heterocycles. The molecule has 1 aliphatic heterocycles. The Morgan fingerprint density at radius 2 is 1.35 bits per heavy atom. The van der Waals surface area contributed by atoms with E-state index in [1.165, 1.54) is 19.3 Å². The molecule has 1 saturated heterocycles. The number of amides is 1. The van der Waals surface area contributed by atoms with Gasteiger partial charge in [-0.05, 0) is 37.1 Å². The summed E-state index contributed by atoms with van der Waals surface area (Å²) in [6.45, 7) is 1.70. The highest BCUT2D eigenvalue weighted by atomic mass is 16.5. The number of carbonyl (C=O) groups is 2. The molecule has 1 fully saturated rings. The lowest BCUT2D eigenvalue weighted by molar-refractivity contribution is -0.133. The van der Waals surface area contributed by atoms with Crippen LogP contribution >= 0.6 is 0 Å². The van der Waals surface area contributed by atoms with Gasteiger partial charge in [-0.15, -0.1) is 0 Å². The minimum Gasteiger partial charge on any atom is -0.484 e. The van der Waals surface area contributed by atoms with Crippen LogP contribution < -0.4 is 4.74 Å². The Morgan fingerprint density at radius 1 is 0.769 bits per heavy atom. The summed E-state index contributed by atoms with van der Waals surface area (Å²) in [5.41, 5.74) is 1.27. The van der Waals surface area contributed by atoms with Crippen LogP contribution in [0.25, 0.3) is 0 Å². The Kier molecular flexibility index (Phi) is 6.42. The van der Waals surface area contributed by atoms with Crippen molar-refractivity contribution in [3.8, 4) is 5.75 Å². The van der Waals surface area contributed by atoms with Gasteiger partial charge in [0.1, 0.15) is 5.75 Å².